The van der Waals surface area contributed by atoms with Crippen molar-refractivity contribution < 1.29 is 0 Å². The molecule has 0 radical (unpaired) electrons. The first-order valence-electron chi connectivity index (χ1n) is 5.36. The molecule has 5 heteroatoms. The third-order valence-electron chi connectivity index (χ3n) is 2.24. The molecule has 0 bridgehead atoms. The van der Waals surface area contributed by atoms with Crippen LogP contribution in [-0.4, -0.2) is 21.5 Å². The molecule has 0 saturated heterocycles. The van der Waals surface area contributed by atoms with Crippen LogP contribution in [0.1, 0.15) is 16.5 Å². The van der Waals surface area contributed by atoms with Gasteiger partial charge in [-0.2, -0.15) is 0 Å². The van der Waals surface area contributed by atoms with E-state index in [1.807, 2.05) is 25.1 Å². The lowest BCUT2D eigenvalue weighted by molar-refractivity contribution is 0.877. The zero-order valence-corrected chi connectivity index (χ0v) is 10.4. The molecule has 0 spiro atoms. The fourth-order valence-corrected chi connectivity index (χ4v) is 2.20. The normalized spacial score (nSPS) is 12.4. The van der Waals surface area contributed by atoms with Crippen LogP contribution in [0.15, 0.2) is 41.9 Å². The molecule has 0 aromatic carbocycles. The van der Waals surface area contributed by atoms with Crippen molar-refractivity contribution in [3.63, 3.8) is 0 Å². The van der Waals surface area contributed by atoms with E-state index >= 15 is 0 Å². The van der Waals surface area contributed by atoms with Gasteiger partial charge in [-0.15, -0.1) is 0 Å². The van der Waals surface area contributed by atoms with Crippen molar-refractivity contribution in [1.29, 1.82) is 0 Å². The smallest absolute Gasteiger partial charge is 0.188 e. The Kier molecular flexibility index (Phi) is 4.06. The summed E-state index contributed by atoms with van der Waals surface area (Å²) >= 11 is 1.54. The summed E-state index contributed by atoms with van der Waals surface area (Å²) < 4.78 is 0. The van der Waals surface area contributed by atoms with Crippen molar-refractivity contribution >= 4 is 11.8 Å². The number of hydrogen-bond acceptors (Lipinski definition) is 5. The Balaban J connectivity index is 2.13. The lowest BCUT2D eigenvalue weighted by Crippen LogP contribution is -2.11. The standard InChI is InChI=1S/C12H14N4S/c1-9-7-15-12(16-8-9)17-11(6-13)10-4-2-3-5-14-10/h2-5,7-8,11H,6,13H2,1H3. The Hall–Kier alpha value is -1.46. The summed E-state index contributed by atoms with van der Waals surface area (Å²) in [4.78, 5) is 12.8. The van der Waals surface area contributed by atoms with Crippen molar-refractivity contribution in [2.24, 2.45) is 5.73 Å². The summed E-state index contributed by atoms with van der Waals surface area (Å²) in [6, 6.07) is 5.82. The number of aryl methyl sites for hydroxylation is 1. The second-order valence-electron chi connectivity index (χ2n) is 3.64. The summed E-state index contributed by atoms with van der Waals surface area (Å²) in [7, 11) is 0. The lowest BCUT2D eigenvalue weighted by atomic mass is 10.3. The fraction of sp³-hybridized carbons (Fsp3) is 0.250. The molecule has 0 aliphatic heterocycles. The van der Waals surface area contributed by atoms with Gasteiger partial charge in [0.15, 0.2) is 5.16 Å². The third kappa shape index (κ3) is 3.25. The van der Waals surface area contributed by atoms with Crippen molar-refractivity contribution in [2.45, 2.75) is 17.3 Å². The van der Waals surface area contributed by atoms with E-state index in [2.05, 4.69) is 15.0 Å². The SMILES string of the molecule is Cc1cnc(SC(CN)c2ccccn2)nc1. The van der Waals surface area contributed by atoms with Gasteiger partial charge in [-0.3, -0.25) is 4.98 Å². The number of thioether (sulfide) groups is 1. The van der Waals surface area contributed by atoms with E-state index in [-0.39, 0.29) is 5.25 Å². The molecule has 2 rings (SSSR count). The van der Waals surface area contributed by atoms with Crippen molar-refractivity contribution in [3.05, 3.63) is 48.0 Å². The molecule has 2 N–H and O–H groups in total. The van der Waals surface area contributed by atoms with Gasteiger partial charge in [0.05, 0.1) is 10.9 Å². The van der Waals surface area contributed by atoms with Crippen LogP contribution in [0.2, 0.25) is 0 Å². The molecule has 0 aliphatic carbocycles. The minimum Gasteiger partial charge on any atom is -0.329 e. The lowest BCUT2D eigenvalue weighted by Gasteiger charge is -2.12. The molecular weight excluding hydrogens is 232 g/mol. The molecule has 0 aliphatic rings. The Morgan fingerprint density at radius 3 is 2.59 bits per heavy atom. The maximum atomic E-state index is 5.77. The van der Waals surface area contributed by atoms with Crippen molar-refractivity contribution in [1.82, 2.24) is 15.0 Å². The first-order valence-corrected chi connectivity index (χ1v) is 6.24. The minimum atomic E-state index is 0.0962. The van der Waals surface area contributed by atoms with E-state index in [0.29, 0.717) is 6.54 Å². The largest absolute Gasteiger partial charge is 0.329 e. The highest BCUT2D eigenvalue weighted by Crippen LogP contribution is 2.30. The van der Waals surface area contributed by atoms with Gasteiger partial charge >= 0.3 is 0 Å². The zero-order chi connectivity index (χ0) is 12.1. The van der Waals surface area contributed by atoms with E-state index in [0.717, 1.165) is 16.4 Å². The molecule has 4 nitrogen and oxygen atoms in total. The fourth-order valence-electron chi connectivity index (χ4n) is 1.36. The van der Waals surface area contributed by atoms with Crippen LogP contribution >= 0.6 is 11.8 Å². The topological polar surface area (TPSA) is 64.7 Å². The molecule has 1 unspecified atom stereocenters. The van der Waals surface area contributed by atoms with Gasteiger partial charge in [0.25, 0.3) is 0 Å². The molecule has 1 atom stereocenters. The monoisotopic (exact) mass is 246 g/mol. The van der Waals surface area contributed by atoms with E-state index in [1.165, 1.54) is 0 Å². The second-order valence-corrected chi connectivity index (χ2v) is 4.81. The number of nitrogens with zero attached hydrogens (tertiary/aromatic N) is 3. The van der Waals surface area contributed by atoms with Crippen molar-refractivity contribution in [3.8, 4) is 0 Å². The molecule has 17 heavy (non-hydrogen) atoms. The summed E-state index contributed by atoms with van der Waals surface area (Å²) in [6.45, 7) is 2.48. The zero-order valence-electron chi connectivity index (χ0n) is 9.58. The highest BCUT2D eigenvalue weighted by Gasteiger charge is 2.13. The quantitative estimate of drug-likeness (QED) is 0.660. The van der Waals surface area contributed by atoms with E-state index in [1.54, 1.807) is 30.4 Å². The predicted molar refractivity (Wildman–Crippen MR) is 68.7 cm³/mol. The Morgan fingerprint density at radius 2 is 2.00 bits per heavy atom. The van der Waals surface area contributed by atoms with Gasteiger partial charge in [0.1, 0.15) is 0 Å². The molecule has 2 aromatic rings. The highest BCUT2D eigenvalue weighted by molar-refractivity contribution is 7.99. The van der Waals surface area contributed by atoms with Gasteiger partial charge in [-0.25, -0.2) is 9.97 Å². The Labute approximate surface area is 105 Å². The predicted octanol–water partition coefficient (Wildman–Crippen LogP) is 1.97. The van der Waals surface area contributed by atoms with E-state index in [4.69, 9.17) is 5.73 Å². The summed E-state index contributed by atoms with van der Waals surface area (Å²) in [5.41, 5.74) is 7.78. The first kappa shape index (κ1) is 12.0. The number of rotatable bonds is 4. The van der Waals surface area contributed by atoms with Crippen molar-refractivity contribution in [2.75, 3.05) is 6.54 Å². The number of nitrogens with two attached hydrogens (primary N) is 1. The second kappa shape index (κ2) is 5.75. The van der Waals surface area contributed by atoms with Gasteiger partial charge in [-0.05, 0) is 24.6 Å². The van der Waals surface area contributed by atoms with Crippen LogP contribution in [0.25, 0.3) is 0 Å². The molecule has 88 valence electrons. The molecule has 0 fully saturated rings. The molecule has 0 saturated carbocycles. The molecule has 2 heterocycles. The summed E-state index contributed by atoms with van der Waals surface area (Å²) in [6.07, 6.45) is 5.39. The van der Waals surface area contributed by atoms with E-state index in [9.17, 15) is 0 Å². The Bertz CT molecular complexity index is 458. The van der Waals surface area contributed by atoms with Gasteiger partial charge in [0.2, 0.25) is 0 Å². The maximum Gasteiger partial charge on any atom is 0.188 e. The van der Waals surface area contributed by atoms with Crippen LogP contribution in [-0.2, 0) is 0 Å². The summed E-state index contributed by atoms with van der Waals surface area (Å²) in [5.74, 6) is 0. The van der Waals surface area contributed by atoms with E-state index < -0.39 is 0 Å². The molecule has 0 amide bonds. The van der Waals surface area contributed by atoms with Crippen LogP contribution in [0.3, 0.4) is 0 Å². The number of hydrogen-bond donors (Lipinski definition) is 1. The average molecular weight is 246 g/mol. The van der Waals surface area contributed by atoms with Crippen LogP contribution in [0, 0.1) is 6.92 Å². The number of aromatic nitrogens is 3. The Morgan fingerprint density at radius 1 is 1.24 bits per heavy atom. The molecule has 2 aromatic heterocycles. The summed E-state index contributed by atoms with van der Waals surface area (Å²) in [5, 5.41) is 0.829. The van der Waals surface area contributed by atoms with Crippen LogP contribution in [0.5, 0.6) is 0 Å². The molecular formula is C12H14N4S. The maximum absolute atomic E-state index is 5.77. The highest BCUT2D eigenvalue weighted by atomic mass is 32.2. The van der Waals surface area contributed by atoms with Crippen LogP contribution in [0.4, 0.5) is 0 Å². The number of pyridine rings is 1. The first-order chi connectivity index (χ1) is 8.29. The van der Waals surface area contributed by atoms with Gasteiger partial charge in [0, 0.05) is 25.1 Å². The van der Waals surface area contributed by atoms with Gasteiger partial charge in [-0.1, -0.05) is 17.8 Å². The van der Waals surface area contributed by atoms with Crippen LogP contribution < -0.4 is 5.73 Å². The average Bonchev–Trinajstić information content (AvgIpc) is 2.39. The third-order valence-corrected chi connectivity index (χ3v) is 3.38. The van der Waals surface area contributed by atoms with Gasteiger partial charge < -0.3 is 5.73 Å². The minimum absolute atomic E-state index is 0.0962.